The van der Waals surface area contributed by atoms with Gasteiger partial charge in [-0.1, -0.05) is 28.1 Å². The second-order valence-corrected chi connectivity index (χ2v) is 10.4. The number of hydrogen-bond donors (Lipinski definition) is 1. The molecule has 1 aliphatic rings. The van der Waals surface area contributed by atoms with E-state index < -0.39 is 10.5 Å². The van der Waals surface area contributed by atoms with E-state index in [-0.39, 0.29) is 18.5 Å². The van der Waals surface area contributed by atoms with Gasteiger partial charge in [-0.25, -0.2) is 9.78 Å². The normalized spacial score (nSPS) is 18.8. The number of benzene rings is 1. The Hall–Kier alpha value is -2.00. The number of amides is 1. The number of nitrogens with one attached hydrogen (secondary N) is 1. The molecule has 7 nitrogen and oxygen atoms in total. The van der Waals surface area contributed by atoms with E-state index >= 15 is 0 Å². The van der Waals surface area contributed by atoms with Crippen LogP contribution in [0.5, 0.6) is 0 Å². The molecule has 1 N–H and O–H groups in total. The number of rotatable bonds is 5. The lowest BCUT2D eigenvalue weighted by Gasteiger charge is -2.36. The Morgan fingerprint density at radius 3 is 2.55 bits per heavy atom. The van der Waals surface area contributed by atoms with Gasteiger partial charge in [-0.2, -0.15) is 0 Å². The molecule has 1 unspecified atom stereocenters. The van der Waals surface area contributed by atoms with Crippen LogP contribution in [0.25, 0.3) is 11.3 Å². The maximum atomic E-state index is 13.0. The number of esters is 1. The molecule has 0 radical (unpaired) electrons. The molecule has 1 saturated heterocycles. The third-order valence-corrected chi connectivity index (χ3v) is 6.92. The second kappa shape index (κ2) is 9.24. The number of H-pyrrole nitrogens is 1. The molecule has 2 heterocycles. The molecule has 9 heteroatoms. The van der Waals surface area contributed by atoms with Crippen molar-refractivity contribution in [3.05, 3.63) is 40.3 Å². The van der Waals surface area contributed by atoms with Crippen molar-refractivity contribution in [1.82, 2.24) is 14.9 Å². The van der Waals surface area contributed by atoms with E-state index in [1.807, 2.05) is 51.3 Å². The van der Waals surface area contributed by atoms with Crippen LogP contribution in [0.15, 0.2) is 28.7 Å². The van der Waals surface area contributed by atoms with Crippen LogP contribution < -0.4 is 0 Å². The van der Waals surface area contributed by atoms with Gasteiger partial charge in [0.1, 0.15) is 16.3 Å². The predicted octanol–water partition coefficient (Wildman–Crippen LogP) is 5.10. The minimum atomic E-state index is -0.694. The van der Waals surface area contributed by atoms with Gasteiger partial charge in [0.05, 0.1) is 24.9 Å². The SMILES string of the molecule is COC(=O)Cc1[nH]c(C2(SC)CCCN2C(=O)OC(C)(C)C)nc1-c1ccc(Br)cc1. The second-order valence-electron chi connectivity index (χ2n) is 8.40. The van der Waals surface area contributed by atoms with E-state index in [1.165, 1.54) is 7.11 Å². The maximum absolute atomic E-state index is 13.0. The van der Waals surface area contributed by atoms with Gasteiger partial charge in [0, 0.05) is 16.6 Å². The number of imidazole rings is 1. The topological polar surface area (TPSA) is 84.5 Å². The van der Waals surface area contributed by atoms with E-state index in [0.717, 1.165) is 22.9 Å². The summed E-state index contributed by atoms with van der Waals surface area (Å²) in [5.41, 5.74) is 1.62. The lowest BCUT2D eigenvalue weighted by molar-refractivity contribution is -0.139. The minimum Gasteiger partial charge on any atom is -0.469 e. The van der Waals surface area contributed by atoms with E-state index in [4.69, 9.17) is 14.5 Å². The highest BCUT2D eigenvalue weighted by Gasteiger charge is 2.49. The quantitative estimate of drug-likeness (QED) is 0.564. The first-order valence-electron chi connectivity index (χ1n) is 10.1. The van der Waals surface area contributed by atoms with Crippen LogP contribution in [0.1, 0.15) is 45.1 Å². The van der Waals surface area contributed by atoms with Gasteiger partial charge in [-0.3, -0.25) is 9.69 Å². The molecule has 0 bridgehead atoms. The fraction of sp³-hybridized carbons (Fsp3) is 0.500. The Bertz CT molecular complexity index is 955. The molecule has 0 spiro atoms. The summed E-state index contributed by atoms with van der Waals surface area (Å²) >= 11 is 5.00. The van der Waals surface area contributed by atoms with Crippen molar-refractivity contribution in [2.45, 2.75) is 50.5 Å². The van der Waals surface area contributed by atoms with Crippen molar-refractivity contribution in [3.8, 4) is 11.3 Å². The smallest absolute Gasteiger partial charge is 0.411 e. The Balaban J connectivity index is 2.06. The van der Waals surface area contributed by atoms with Crippen LogP contribution in [0.3, 0.4) is 0 Å². The molecule has 2 aromatic rings. The zero-order chi connectivity index (χ0) is 22.8. The zero-order valence-corrected chi connectivity index (χ0v) is 20.9. The molecular formula is C22H28BrN3O4S. The lowest BCUT2D eigenvalue weighted by Crippen LogP contribution is -2.45. The number of aromatic nitrogens is 2. The molecule has 3 rings (SSSR count). The molecule has 31 heavy (non-hydrogen) atoms. The molecule has 1 aromatic heterocycles. The predicted molar refractivity (Wildman–Crippen MR) is 125 cm³/mol. The number of hydrogen-bond acceptors (Lipinski definition) is 6. The number of aromatic amines is 1. The summed E-state index contributed by atoms with van der Waals surface area (Å²) in [5.74, 6) is 0.280. The summed E-state index contributed by atoms with van der Waals surface area (Å²) in [6.45, 7) is 6.15. The summed E-state index contributed by atoms with van der Waals surface area (Å²) in [6, 6.07) is 7.74. The summed E-state index contributed by atoms with van der Waals surface area (Å²) < 4.78 is 11.5. The first-order valence-corrected chi connectivity index (χ1v) is 12.1. The molecule has 0 saturated carbocycles. The fourth-order valence-electron chi connectivity index (χ4n) is 3.69. The Labute approximate surface area is 195 Å². The third kappa shape index (κ3) is 5.09. The van der Waals surface area contributed by atoms with Crippen molar-refractivity contribution in [2.75, 3.05) is 19.9 Å². The molecule has 1 fully saturated rings. The fourth-order valence-corrected chi connectivity index (χ4v) is 4.98. The number of thioether (sulfide) groups is 1. The van der Waals surface area contributed by atoms with E-state index in [9.17, 15) is 9.59 Å². The van der Waals surface area contributed by atoms with Crippen molar-refractivity contribution in [3.63, 3.8) is 0 Å². The number of halogens is 1. The van der Waals surface area contributed by atoms with Crippen molar-refractivity contribution >= 4 is 39.8 Å². The van der Waals surface area contributed by atoms with Crippen LogP contribution in [0.4, 0.5) is 4.79 Å². The van der Waals surface area contributed by atoms with Gasteiger partial charge in [0.15, 0.2) is 0 Å². The molecule has 0 aliphatic carbocycles. The first-order chi connectivity index (χ1) is 14.6. The number of carbonyl (C=O) groups excluding carboxylic acids is 2. The van der Waals surface area contributed by atoms with Gasteiger partial charge in [-0.05, 0) is 52.0 Å². The minimum absolute atomic E-state index is 0.0613. The summed E-state index contributed by atoms with van der Waals surface area (Å²) in [4.78, 5) is 34.4. The standard InChI is InChI=1S/C22H28BrN3O4S/c1-21(2,3)30-20(28)26-12-6-11-22(26,31-5)19-24-16(13-17(27)29-4)18(25-19)14-7-9-15(23)10-8-14/h7-10H,6,11-13H2,1-5H3,(H,24,25). The molecular weight excluding hydrogens is 482 g/mol. The summed E-state index contributed by atoms with van der Waals surface area (Å²) in [7, 11) is 1.36. The van der Waals surface area contributed by atoms with E-state index in [2.05, 4.69) is 20.9 Å². The molecule has 1 aromatic carbocycles. The van der Waals surface area contributed by atoms with Gasteiger partial charge < -0.3 is 14.5 Å². The van der Waals surface area contributed by atoms with Gasteiger partial charge in [0.2, 0.25) is 0 Å². The van der Waals surface area contributed by atoms with Crippen molar-refractivity contribution < 1.29 is 19.1 Å². The first kappa shape index (κ1) is 23.7. The number of methoxy groups -OCH3 is 1. The molecule has 1 aliphatic heterocycles. The van der Waals surface area contributed by atoms with Gasteiger partial charge in [-0.15, -0.1) is 11.8 Å². The van der Waals surface area contributed by atoms with Crippen LogP contribution in [-0.4, -0.2) is 52.4 Å². The highest BCUT2D eigenvalue weighted by atomic mass is 79.9. The third-order valence-electron chi connectivity index (χ3n) is 5.10. The van der Waals surface area contributed by atoms with Gasteiger partial charge in [0.25, 0.3) is 0 Å². The maximum Gasteiger partial charge on any atom is 0.411 e. The Morgan fingerprint density at radius 1 is 1.29 bits per heavy atom. The van der Waals surface area contributed by atoms with Crippen molar-refractivity contribution in [2.24, 2.45) is 0 Å². The Morgan fingerprint density at radius 2 is 1.97 bits per heavy atom. The average Bonchev–Trinajstić information content (AvgIpc) is 3.32. The zero-order valence-electron chi connectivity index (χ0n) is 18.5. The van der Waals surface area contributed by atoms with Crippen LogP contribution in [-0.2, 0) is 25.6 Å². The monoisotopic (exact) mass is 509 g/mol. The number of ether oxygens (including phenoxy) is 2. The van der Waals surface area contributed by atoms with E-state index in [1.54, 1.807) is 16.7 Å². The summed E-state index contributed by atoms with van der Waals surface area (Å²) in [5, 5.41) is 0. The van der Waals surface area contributed by atoms with Crippen LogP contribution in [0, 0.1) is 0 Å². The van der Waals surface area contributed by atoms with Gasteiger partial charge >= 0.3 is 12.1 Å². The highest BCUT2D eigenvalue weighted by Crippen LogP contribution is 2.47. The number of carbonyl (C=O) groups is 2. The lowest BCUT2D eigenvalue weighted by atomic mass is 10.1. The average molecular weight is 510 g/mol. The van der Waals surface area contributed by atoms with Crippen LogP contribution in [0.2, 0.25) is 0 Å². The number of nitrogens with zero attached hydrogens (tertiary/aromatic N) is 2. The van der Waals surface area contributed by atoms with Crippen molar-refractivity contribution in [1.29, 1.82) is 0 Å². The van der Waals surface area contributed by atoms with Crippen LogP contribution >= 0.6 is 27.7 Å². The number of likely N-dealkylation sites (tertiary alicyclic amines) is 1. The molecule has 1 amide bonds. The molecule has 168 valence electrons. The largest absolute Gasteiger partial charge is 0.469 e. The highest BCUT2D eigenvalue weighted by molar-refractivity contribution is 9.10. The summed E-state index contributed by atoms with van der Waals surface area (Å²) in [6.07, 6.45) is 3.23. The molecule has 1 atom stereocenters. The van der Waals surface area contributed by atoms with E-state index in [0.29, 0.717) is 23.8 Å². The Kier molecular flexibility index (Phi) is 7.05.